The van der Waals surface area contributed by atoms with Crippen LogP contribution in [0.3, 0.4) is 0 Å². The largest absolute Gasteiger partial charge is 0.272 e. The molecule has 0 aliphatic heterocycles. The van der Waals surface area contributed by atoms with Gasteiger partial charge in [0, 0.05) is 17.7 Å². The van der Waals surface area contributed by atoms with Crippen LogP contribution in [0.2, 0.25) is 10.0 Å². The molecular formula is C14H8Cl2N2O2. The van der Waals surface area contributed by atoms with Crippen molar-refractivity contribution in [3.05, 3.63) is 73.8 Å². The van der Waals surface area contributed by atoms with Crippen LogP contribution in [0.25, 0.3) is 0 Å². The van der Waals surface area contributed by atoms with Crippen LogP contribution in [0, 0.1) is 21.4 Å². The van der Waals surface area contributed by atoms with Crippen LogP contribution >= 0.6 is 23.2 Å². The Balaban J connectivity index is 2.57. The van der Waals surface area contributed by atoms with E-state index >= 15 is 0 Å². The van der Waals surface area contributed by atoms with Crippen molar-refractivity contribution in [1.82, 2.24) is 0 Å². The highest BCUT2D eigenvalue weighted by Crippen LogP contribution is 2.38. The SMILES string of the molecule is N#CC(c1ccccc1)c1c(Cl)cc([N+](=O)[O-])cc1Cl. The van der Waals surface area contributed by atoms with Gasteiger partial charge >= 0.3 is 0 Å². The van der Waals surface area contributed by atoms with E-state index < -0.39 is 10.8 Å². The fourth-order valence-electron chi connectivity index (χ4n) is 1.90. The van der Waals surface area contributed by atoms with Gasteiger partial charge in [-0.05, 0) is 5.56 Å². The summed E-state index contributed by atoms with van der Waals surface area (Å²) in [7, 11) is 0. The number of nitriles is 1. The van der Waals surface area contributed by atoms with Gasteiger partial charge in [0.1, 0.15) is 0 Å². The van der Waals surface area contributed by atoms with Crippen molar-refractivity contribution in [2.75, 3.05) is 0 Å². The van der Waals surface area contributed by atoms with Crippen molar-refractivity contribution in [1.29, 1.82) is 5.26 Å². The summed E-state index contributed by atoms with van der Waals surface area (Å²) in [6.45, 7) is 0. The second kappa shape index (κ2) is 5.91. The normalized spacial score (nSPS) is 11.7. The first kappa shape index (κ1) is 14.3. The van der Waals surface area contributed by atoms with E-state index in [1.807, 2.05) is 6.07 Å². The Morgan fingerprint density at radius 3 is 2.15 bits per heavy atom. The highest BCUT2D eigenvalue weighted by molar-refractivity contribution is 6.36. The number of hydrogen-bond donors (Lipinski definition) is 0. The lowest BCUT2D eigenvalue weighted by Crippen LogP contribution is -2.01. The summed E-state index contributed by atoms with van der Waals surface area (Å²) in [5, 5.41) is 20.3. The zero-order valence-corrected chi connectivity index (χ0v) is 11.6. The van der Waals surface area contributed by atoms with Crippen LogP contribution < -0.4 is 0 Å². The molecule has 1 atom stereocenters. The number of halogens is 2. The third-order valence-electron chi connectivity index (χ3n) is 2.83. The maximum atomic E-state index is 10.7. The molecule has 6 heteroatoms. The van der Waals surface area contributed by atoms with Crippen molar-refractivity contribution < 1.29 is 4.92 Å². The Morgan fingerprint density at radius 2 is 1.70 bits per heavy atom. The smallest absolute Gasteiger partial charge is 0.258 e. The molecule has 0 saturated carbocycles. The van der Waals surface area contributed by atoms with Crippen LogP contribution in [-0.4, -0.2) is 4.92 Å². The molecule has 4 nitrogen and oxygen atoms in total. The van der Waals surface area contributed by atoms with Crippen molar-refractivity contribution in [3.63, 3.8) is 0 Å². The molecule has 0 saturated heterocycles. The molecule has 0 radical (unpaired) electrons. The Morgan fingerprint density at radius 1 is 1.15 bits per heavy atom. The number of non-ortho nitro benzene ring substituents is 1. The standard InChI is InChI=1S/C14H8Cl2N2O2/c15-12-6-10(18(19)20)7-13(16)14(12)11(8-17)9-4-2-1-3-5-9/h1-7,11H. The molecule has 0 spiro atoms. The number of rotatable bonds is 3. The van der Waals surface area contributed by atoms with E-state index in [-0.39, 0.29) is 15.7 Å². The van der Waals surface area contributed by atoms with Gasteiger partial charge in [0.15, 0.2) is 0 Å². The minimum absolute atomic E-state index is 0.111. The third-order valence-corrected chi connectivity index (χ3v) is 3.45. The van der Waals surface area contributed by atoms with E-state index in [4.69, 9.17) is 23.2 Å². The predicted octanol–water partition coefficient (Wildman–Crippen LogP) is 4.56. The minimum Gasteiger partial charge on any atom is -0.258 e. The number of benzene rings is 2. The van der Waals surface area contributed by atoms with Crippen LogP contribution in [0.1, 0.15) is 17.0 Å². The molecule has 0 aliphatic carbocycles. The lowest BCUT2D eigenvalue weighted by Gasteiger charge is -2.13. The van der Waals surface area contributed by atoms with Gasteiger partial charge in [-0.25, -0.2) is 0 Å². The summed E-state index contributed by atoms with van der Waals surface area (Å²) in [4.78, 5) is 10.2. The summed E-state index contributed by atoms with van der Waals surface area (Å²) in [6, 6.07) is 13.5. The fourth-order valence-corrected chi connectivity index (χ4v) is 2.60. The van der Waals surface area contributed by atoms with E-state index in [9.17, 15) is 15.4 Å². The van der Waals surface area contributed by atoms with Gasteiger partial charge < -0.3 is 0 Å². The number of nitrogens with zero attached hydrogens (tertiary/aromatic N) is 2. The summed E-state index contributed by atoms with van der Waals surface area (Å²) < 4.78 is 0. The first-order valence-corrected chi connectivity index (χ1v) is 6.38. The van der Waals surface area contributed by atoms with E-state index in [0.29, 0.717) is 5.56 Å². The molecule has 0 amide bonds. The van der Waals surface area contributed by atoms with Crippen molar-refractivity contribution in [2.24, 2.45) is 0 Å². The van der Waals surface area contributed by atoms with Crippen LogP contribution in [0.15, 0.2) is 42.5 Å². The highest BCUT2D eigenvalue weighted by atomic mass is 35.5. The summed E-state index contributed by atoms with van der Waals surface area (Å²) in [6.07, 6.45) is 0. The summed E-state index contributed by atoms with van der Waals surface area (Å²) in [5.74, 6) is -0.669. The highest BCUT2D eigenvalue weighted by Gasteiger charge is 2.23. The monoisotopic (exact) mass is 306 g/mol. The average Bonchev–Trinajstić information content (AvgIpc) is 2.43. The number of nitro benzene ring substituents is 1. The summed E-state index contributed by atoms with van der Waals surface area (Å²) in [5.41, 5.74) is 0.911. The summed E-state index contributed by atoms with van der Waals surface area (Å²) >= 11 is 12.1. The van der Waals surface area contributed by atoms with Gasteiger partial charge in [0.2, 0.25) is 0 Å². The number of hydrogen-bond acceptors (Lipinski definition) is 3. The maximum absolute atomic E-state index is 10.7. The Kier molecular flexibility index (Phi) is 4.23. The van der Waals surface area contributed by atoms with Crippen LogP contribution in [0.5, 0.6) is 0 Å². The van der Waals surface area contributed by atoms with E-state index in [2.05, 4.69) is 6.07 Å². The zero-order valence-electron chi connectivity index (χ0n) is 10.1. The van der Waals surface area contributed by atoms with Crippen molar-refractivity contribution in [2.45, 2.75) is 5.92 Å². The predicted molar refractivity (Wildman–Crippen MR) is 77.0 cm³/mol. The van der Waals surface area contributed by atoms with Gasteiger partial charge in [-0.15, -0.1) is 0 Å². The van der Waals surface area contributed by atoms with Crippen molar-refractivity contribution in [3.8, 4) is 6.07 Å². The van der Waals surface area contributed by atoms with Gasteiger partial charge in [-0.2, -0.15) is 5.26 Å². The lowest BCUT2D eigenvalue weighted by atomic mass is 9.92. The molecule has 0 heterocycles. The minimum atomic E-state index is -0.669. The third kappa shape index (κ3) is 2.74. The second-order valence-electron chi connectivity index (χ2n) is 4.05. The molecule has 0 bridgehead atoms. The molecule has 2 aromatic rings. The first-order chi connectivity index (χ1) is 9.54. The quantitative estimate of drug-likeness (QED) is 0.616. The van der Waals surface area contributed by atoms with Gasteiger partial charge in [0.05, 0.1) is 27.0 Å². The molecule has 0 N–H and O–H groups in total. The Bertz CT molecular complexity index is 673. The molecule has 2 aromatic carbocycles. The molecule has 2 rings (SSSR count). The molecule has 20 heavy (non-hydrogen) atoms. The molecule has 0 aliphatic rings. The average molecular weight is 307 g/mol. The van der Waals surface area contributed by atoms with Crippen LogP contribution in [-0.2, 0) is 0 Å². The zero-order chi connectivity index (χ0) is 14.7. The van der Waals surface area contributed by atoms with E-state index in [1.165, 1.54) is 12.1 Å². The molecule has 1 unspecified atom stereocenters. The van der Waals surface area contributed by atoms with E-state index in [0.717, 1.165) is 5.56 Å². The van der Waals surface area contributed by atoms with Crippen LogP contribution in [0.4, 0.5) is 5.69 Å². The first-order valence-electron chi connectivity index (χ1n) is 5.62. The molecule has 0 aromatic heterocycles. The van der Waals surface area contributed by atoms with Gasteiger partial charge in [0.25, 0.3) is 5.69 Å². The van der Waals surface area contributed by atoms with Crippen molar-refractivity contribution >= 4 is 28.9 Å². The lowest BCUT2D eigenvalue weighted by molar-refractivity contribution is -0.384. The van der Waals surface area contributed by atoms with Gasteiger partial charge in [-0.1, -0.05) is 53.5 Å². The number of nitro groups is 1. The topological polar surface area (TPSA) is 66.9 Å². The molecule has 100 valence electrons. The Hall–Kier alpha value is -2.09. The van der Waals surface area contributed by atoms with Gasteiger partial charge in [-0.3, -0.25) is 10.1 Å². The second-order valence-corrected chi connectivity index (χ2v) is 4.87. The fraction of sp³-hybridized carbons (Fsp3) is 0.0714. The molecular weight excluding hydrogens is 299 g/mol. The van der Waals surface area contributed by atoms with E-state index in [1.54, 1.807) is 24.3 Å². The molecule has 0 fully saturated rings. The Labute approximate surface area is 125 Å². The maximum Gasteiger partial charge on any atom is 0.272 e.